The summed E-state index contributed by atoms with van der Waals surface area (Å²) in [6.07, 6.45) is 2.84. The molecule has 1 aliphatic carbocycles. The molecule has 0 radical (unpaired) electrons. The molecule has 0 bridgehead atoms. The van der Waals surface area contributed by atoms with Gasteiger partial charge in [-0.2, -0.15) is 0 Å². The quantitative estimate of drug-likeness (QED) is 0.567. The molecule has 1 N–H and O–H groups in total. The van der Waals surface area contributed by atoms with Crippen LogP contribution in [0.5, 0.6) is 5.75 Å². The minimum absolute atomic E-state index is 0.0291. The van der Waals surface area contributed by atoms with Crippen LogP contribution in [0.1, 0.15) is 41.6 Å². The van der Waals surface area contributed by atoms with Gasteiger partial charge < -0.3 is 19.5 Å². The SMILES string of the molecule is COC(=O)c1ccc(C2(NC(=O)C3(N(C)CCOc4cccc(F)c4)CCOCC3)CC2)cc1. The molecule has 8 heteroatoms. The van der Waals surface area contributed by atoms with Crippen molar-refractivity contribution in [3.05, 3.63) is 65.5 Å². The summed E-state index contributed by atoms with van der Waals surface area (Å²) in [5.74, 6) is -0.297. The van der Waals surface area contributed by atoms with Gasteiger partial charge in [-0.15, -0.1) is 0 Å². The van der Waals surface area contributed by atoms with Crippen LogP contribution >= 0.6 is 0 Å². The molecule has 7 nitrogen and oxygen atoms in total. The molecule has 0 spiro atoms. The van der Waals surface area contributed by atoms with Gasteiger partial charge in [0.2, 0.25) is 5.91 Å². The second kappa shape index (κ2) is 10.1. The largest absolute Gasteiger partial charge is 0.492 e. The fraction of sp³-hybridized carbons (Fsp3) is 0.462. The monoisotopic (exact) mass is 470 g/mol. The highest BCUT2D eigenvalue weighted by Crippen LogP contribution is 2.46. The highest BCUT2D eigenvalue weighted by molar-refractivity contribution is 5.89. The Bertz CT molecular complexity index is 1020. The van der Waals surface area contributed by atoms with Crippen LogP contribution in [-0.2, 0) is 19.8 Å². The van der Waals surface area contributed by atoms with Gasteiger partial charge in [0, 0.05) is 25.8 Å². The molecule has 0 aromatic heterocycles. The van der Waals surface area contributed by atoms with Crippen molar-refractivity contribution < 1.29 is 28.2 Å². The average Bonchev–Trinajstić information content (AvgIpc) is 3.64. The van der Waals surface area contributed by atoms with Crippen molar-refractivity contribution in [3.63, 3.8) is 0 Å². The van der Waals surface area contributed by atoms with Crippen LogP contribution in [-0.4, -0.2) is 62.8 Å². The molecular formula is C26H31FN2O5. The Kier molecular flexibility index (Phi) is 7.19. The van der Waals surface area contributed by atoms with Crippen LogP contribution in [0.25, 0.3) is 0 Å². The van der Waals surface area contributed by atoms with E-state index >= 15 is 0 Å². The van der Waals surface area contributed by atoms with Gasteiger partial charge in [-0.1, -0.05) is 18.2 Å². The molecule has 4 rings (SSSR count). The number of benzene rings is 2. The van der Waals surface area contributed by atoms with E-state index in [4.69, 9.17) is 14.2 Å². The highest BCUT2D eigenvalue weighted by atomic mass is 19.1. The zero-order chi connectivity index (χ0) is 24.2. The van der Waals surface area contributed by atoms with Crippen molar-refractivity contribution in [1.29, 1.82) is 0 Å². The summed E-state index contributed by atoms with van der Waals surface area (Å²) in [6.45, 7) is 1.84. The molecule has 0 unspecified atom stereocenters. The van der Waals surface area contributed by atoms with Crippen molar-refractivity contribution in [3.8, 4) is 5.75 Å². The van der Waals surface area contributed by atoms with Crippen molar-refractivity contribution in [2.24, 2.45) is 0 Å². The van der Waals surface area contributed by atoms with Crippen molar-refractivity contribution in [2.75, 3.05) is 40.5 Å². The fourth-order valence-electron chi connectivity index (χ4n) is 4.55. The van der Waals surface area contributed by atoms with Crippen LogP contribution in [0.3, 0.4) is 0 Å². The zero-order valence-corrected chi connectivity index (χ0v) is 19.6. The van der Waals surface area contributed by atoms with E-state index in [2.05, 4.69) is 5.32 Å². The molecule has 1 heterocycles. The van der Waals surface area contributed by atoms with E-state index in [1.54, 1.807) is 24.3 Å². The minimum Gasteiger partial charge on any atom is -0.492 e. The van der Waals surface area contributed by atoms with Gasteiger partial charge in [0.15, 0.2) is 0 Å². The topological polar surface area (TPSA) is 77.1 Å². The molecule has 2 fully saturated rings. The van der Waals surface area contributed by atoms with Crippen LogP contribution < -0.4 is 10.1 Å². The standard InChI is InChI=1S/C26H31FN2O5/c1-29(14-17-34-22-5-3-4-21(27)18-22)26(12-15-33-16-13-26)24(31)28-25(10-11-25)20-8-6-19(7-9-20)23(30)32-2/h3-9,18H,10-17H2,1-2H3,(H,28,31). The summed E-state index contributed by atoms with van der Waals surface area (Å²) in [5, 5.41) is 3.31. The van der Waals surface area contributed by atoms with E-state index in [0.29, 0.717) is 50.5 Å². The first-order valence-electron chi connectivity index (χ1n) is 11.6. The lowest BCUT2D eigenvalue weighted by molar-refractivity contribution is -0.140. The lowest BCUT2D eigenvalue weighted by Crippen LogP contribution is -2.62. The Morgan fingerprint density at radius 2 is 1.79 bits per heavy atom. The van der Waals surface area contributed by atoms with Crippen LogP contribution in [0.4, 0.5) is 4.39 Å². The van der Waals surface area contributed by atoms with E-state index in [-0.39, 0.29) is 17.7 Å². The highest BCUT2D eigenvalue weighted by Gasteiger charge is 2.51. The Morgan fingerprint density at radius 1 is 1.09 bits per heavy atom. The normalized spacial score (nSPS) is 18.2. The predicted octanol–water partition coefficient (Wildman–Crippen LogP) is 3.28. The fourth-order valence-corrected chi connectivity index (χ4v) is 4.55. The molecule has 2 aromatic rings. The van der Waals surface area contributed by atoms with Crippen molar-refractivity contribution in [2.45, 2.75) is 36.8 Å². The number of esters is 1. The summed E-state index contributed by atoms with van der Waals surface area (Å²) < 4.78 is 29.5. The molecule has 1 saturated carbocycles. The second-order valence-corrected chi connectivity index (χ2v) is 8.98. The third-order valence-corrected chi connectivity index (χ3v) is 6.93. The minimum atomic E-state index is -0.717. The zero-order valence-electron chi connectivity index (χ0n) is 19.6. The van der Waals surface area contributed by atoms with Crippen LogP contribution in [0.2, 0.25) is 0 Å². The number of carbonyl (C=O) groups excluding carboxylic acids is 2. The van der Waals surface area contributed by atoms with Crippen LogP contribution in [0, 0.1) is 5.82 Å². The summed E-state index contributed by atoms with van der Waals surface area (Å²) in [5.41, 5.74) is 0.321. The predicted molar refractivity (Wildman–Crippen MR) is 124 cm³/mol. The number of nitrogens with zero attached hydrogens (tertiary/aromatic N) is 1. The number of hydrogen-bond donors (Lipinski definition) is 1. The van der Waals surface area contributed by atoms with Gasteiger partial charge in [-0.3, -0.25) is 9.69 Å². The second-order valence-electron chi connectivity index (χ2n) is 8.98. The number of halogens is 1. The number of rotatable bonds is 9. The smallest absolute Gasteiger partial charge is 0.337 e. The average molecular weight is 471 g/mol. The lowest BCUT2D eigenvalue weighted by Gasteiger charge is -2.43. The van der Waals surface area contributed by atoms with E-state index in [1.165, 1.54) is 19.2 Å². The van der Waals surface area contributed by atoms with E-state index in [0.717, 1.165) is 18.4 Å². The molecule has 2 aliphatic rings. The maximum atomic E-state index is 13.7. The first kappa shape index (κ1) is 24.2. The number of ether oxygens (including phenoxy) is 3. The summed E-state index contributed by atoms with van der Waals surface area (Å²) in [6, 6.07) is 13.3. The number of nitrogens with one attached hydrogen (secondary N) is 1. The maximum absolute atomic E-state index is 13.7. The molecule has 1 amide bonds. The lowest BCUT2D eigenvalue weighted by atomic mass is 9.86. The third kappa shape index (κ3) is 5.08. The van der Waals surface area contributed by atoms with E-state index in [9.17, 15) is 14.0 Å². The van der Waals surface area contributed by atoms with Crippen LogP contribution in [0.15, 0.2) is 48.5 Å². The maximum Gasteiger partial charge on any atom is 0.337 e. The molecular weight excluding hydrogens is 439 g/mol. The first-order chi connectivity index (χ1) is 16.4. The third-order valence-electron chi connectivity index (χ3n) is 6.93. The van der Waals surface area contributed by atoms with Gasteiger partial charge >= 0.3 is 5.97 Å². The number of methoxy groups -OCH3 is 1. The number of likely N-dealkylation sites (N-methyl/N-ethyl adjacent to an activating group) is 1. The van der Waals surface area contributed by atoms with E-state index in [1.807, 2.05) is 24.1 Å². The summed E-state index contributed by atoms with van der Waals surface area (Å²) in [7, 11) is 3.27. The Hall–Kier alpha value is -2.97. The Labute approximate surface area is 199 Å². The summed E-state index contributed by atoms with van der Waals surface area (Å²) >= 11 is 0. The Morgan fingerprint density at radius 3 is 2.41 bits per heavy atom. The van der Waals surface area contributed by atoms with Gasteiger partial charge in [-0.25, -0.2) is 9.18 Å². The molecule has 1 aliphatic heterocycles. The van der Waals surface area contributed by atoms with Gasteiger partial charge in [0.05, 0.1) is 18.2 Å². The molecule has 34 heavy (non-hydrogen) atoms. The van der Waals surface area contributed by atoms with E-state index < -0.39 is 11.1 Å². The molecule has 2 aromatic carbocycles. The first-order valence-corrected chi connectivity index (χ1v) is 11.6. The van der Waals surface area contributed by atoms with Gasteiger partial charge in [0.1, 0.15) is 23.7 Å². The molecule has 0 atom stereocenters. The van der Waals surface area contributed by atoms with Crippen molar-refractivity contribution in [1.82, 2.24) is 10.2 Å². The number of amides is 1. The Balaban J connectivity index is 1.44. The number of hydrogen-bond acceptors (Lipinski definition) is 6. The number of carbonyl (C=O) groups is 2. The molecule has 182 valence electrons. The van der Waals surface area contributed by atoms with Crippen molar-refractivity contribution >= 4 is 11.9 Å². The summed E-state index contributed by atoms with van der Waals surface area (Å²) in [4.78, 5) is 27.5. The molecule has 1 saturated heterocycles. The van der Waals surface area contributed by atoms with Gasteiger partial charge in [0.25, 0.3) is 0 Å². The van der Waals surface area contributed by atoms with Gasteiger partial charge in [-0.05, 0) is 62.6 Å².